The first-order valence-electron chi connectivity index (χ1n) is 11.1. The minimum absolute atomic E-state index is 0.0653. The van der Waals surface area contributed by atoms with Crippen molar-refractivity contribution in [2.45, 2.75) is 59.3 Å². The van der Waals surface area contributed by atoms with Gasteiger partial charge in [0.15, 0.2) is 5.78 Å². The Morgan fingerprint density at radius 1 is 1.19 bits per heavy atom. The number of carbonyl (C=O) groups excluding carboxylic acids is 2. The zero-order valence-corrected chi connectivity index (χ0v) is 19.9. The molecule has 0 radical (unpaired) electrons. The van der Waals surface area contributed by atoms with Crippen LogP contribution in [0.1, 0.15) is 59.3 Å². The molecular formula is C24H35NO5S. The smallest absolute Gasteiger partial charge is 0.266 e. The second-order valence-corrected chi connectivity index (χ2v) is 11.8. The van der Waals surface area contributed by atoms with Crippen molar-refractivity contribution < 1.29 is 22.6 Å². The number of nitrogens with zero attached hydrogens (tertiary/aromatic N) is 1. The van der Waals surface area contributed by atoms with E-state index in [2.05, 4.69) is 27.4 Å². The van der Waals surface area contributed by atoms with Gasteiger partial charge < -0.3 is 4.90 Å². The molecule has 0 aliphatic heterocycles. The van der Waals surface area contributed by atoms with Crippen LogP contribution in [0.3, 0.4) is 0 Å². The Morgan fingerprint density at radius 3 is 2.52 bits per heavy atom. The van der Waals surface area contributed by atoms with Gasteiger partial charge in [-0.3, -0.25) is 14.1 Å². The molecule has 2 saturated carbocycles. The van der Waals surface area contributed by atoms with Gasteiger partial charge in [0, 0.05) is 25.2 Å². The van der Waals surface area contributed by atoms with Crippen LogP contribution in [0.4, 0.5) is 0 Å². The van der Waals surface area contributed by atoms with Crippen LogP contribution >= 0.6 is 0 Å². The van der Waals surface area contributed by atoms with Crippen LogP contribution in [-0.2, 0) is 19.7 Å². The van der Waals surface area contributed by atoms with E-state index in [9.17, 15) is 18.0 Å². The van der Waals surface area contributed by atoms with E-state index < -0.39 is 15.9 Å². The minimum Gasteiger partial charge on any atom is -0.370 e. The van der Waals surface area contributed by atoms with Gasteiger partial charge in [-0.15, -0.1) is 0 Å². The van der Waals surface area contributed by atoms with Gasteiger partial charge in [0.05, 0.1) is 11.4 Å². The van der Waals surface area contributed by atoms with Crippen molar-refractivity contribution in [2.75, 3.05) is 19.3 Å². The number of rotatable bonds is 6. The van der Waals surface area contributed by atoms with Crippen LogP contribution in [0, 0.1) is 22.7 Å². The predicted octanol–water partition coefficient (Wildman–Crippen LogP) is 3.96. The predicted molar refractivity (Wildman–Crippen MR) is 121 cm³/mol. The molecule has 0 aromatic carbocycles. The molecule has 0 spiro atoms. The standard InChI is InChI=1S/C24H35NO5S/c1-16-7-6-8-22-23(16,3)10-9-17(2)24(22,4)15-18-13-21(27)19(14-20(18)26)25(5)11-12-31(28,29)30/h13-14,17,22H,1,6-12,15H2,2-5H3,(H,28,29,30)/t17-,22+,23-,24+/m0/s1. The summed E-state index contributed by atoms with van der Waals surface area (Å²) in [6, 6.07) is 0. The lowest BCUT2D eigenvalue weighted by atomic mass is 9.46. The lowest BCUT2D eigenvalue weighted by Gasteiger charge is -2.59. The zero-order chi connectivity index (χ0) is 23.2. The van der Waals surface area contributed by atoms with Gasteiger partial charge in [0.2, 0.25) is 5.78 Å². The van der Waals surface area contributed by atoms with E-state index >= 15 is 0 Å². The SMILES string of the molecule is C=C1CCC[C@H]2[C@](C)(CC3=CC(=O)C(N(C)CCS(=O)(=O)O)=CC3=O)[C@@H](C)CC[C@@]12C. The Kier molecular flexibility index (Phi) is 6.42. The van der Waals surface area contributed by atoms with Crippen molar-refractivity contribution in [2.24, 2.45) is 22.7 Å². The van der Waals surface area contributed by atoms with Crippen molar-refractivity contribution in [1.82, 2.24) is 4.90 Å². The molecular weight excluding hydrogens is 414 g/mol. The average Bonchev–Trinajstić information content (AvgIpc) is 2.67. The third-order valence-electron chi connectivity index (χ3n) is 8.38. The number of ketones is 2. The van der Waals surface area contributed by atoms with E-state index in [-0.39, 0.29) is 34.6 Å². The first-order chi connectivity index (χ1) is 14.3. The number of likely N-dealkylation sites (N-methyl/N-ethyl adjacent to an activating group) is 1. The molecule has 3 aliphatic carbocycles. The molecule has 4 atom stereocenters. The Morgan fingerprint density at radius 2 is 1.87 bits per heavy atom. The molecule has 0 saturated heterocycles. The van der Waals surface area contributed by atoms with Gasteiger partial charge in [0.1, 0.15) is 0 Å². The molecule has 3 aliphatic rings. The average molecular weight is 450 g/mol. The highest BCUT2D eigenvalue weighted by atomic mass is 32.2. The second-order valence-electron chi connectivity index (χ2n) is 10.2. The molecule has 0 unspecified atom stereocenters. The highest BCUT2D eigenvalue weighted by molar-refractivity contribution is 7.85. The number of carbonyl (C=O) groups is 2. The van der Waals surface area contributed by atoms with E-state index in [0.29, 0.717) is 23.8 Å². The second kappa shape index (κ2) is 8.32. The summed E-state index contributed by atoms with van der Waals surface area (Å²) in [6.45, 7) is 11.2. The van der Waals surface area contributed by atoms with Crippen molar-refractivity contribution in [3.05, 3.63) is 35.6 Å². The van der Waals surface area contributed by atoms with Gasteiger partial charge >= 0.3 is 0 Å². The maximum atomic E-state index is 13.0. The fourth-order valence-electron chi connectivity index (χ4n) is 6.08. The summed E-state index contributed by atoms with van der Waals surface area (Å²) in [4.78, 5) is 27.2. The molecule has 31 heavy (non-hydrogen) atoms. The van der Waals surface area contributed by atoms with Gasteiger partial charge in [-0.05, 0) is 67.3 Å². The summed E-state index contributed by atoms with van der Waals surface area (Å²) < 4.78 is 31.0. The summed E-state index contributed by atoms with van der Waals surface area (Å²) in [5.41, 5.74) is 2.01. The summed E-state index contributed by atoms with van der Waals surface area (Å²) in [7, 11) is -2.60. The number of hydrogen-bond donors (Lipinski definition) is 1. The maximum Gasteiger partial charge on any atom is 0.266 e. The lowest BCUT2D eigenvalue weighted by Crippen LogP contribution is -2.50. The van der Waals surface area contributed by atoms with Gasteiger partial charge in [-0.2, -0.15) is 8.42 Å². The topological polar surface area (TPSA) is 91.8 Å². The fourth-order valence-corrected chi connectivity index (χ4v) is 6.58. The molecule has 0 bridgehead atoms. The van der Waals surface area contributed by atoms with Gasteiger partial charge in [0.25, 0.3) is 10.1 Å². The molecule has 6 nitrogen and oxygen atoms in total. The van der Waals surface area contributed by atoms with Crippen LogP contribution in [-0.4, -0.2) is 48.8 Å². The molecule has 0 aromatic heterocycles. The van der Waals surface area contributed by atoms with Crippen LogP contribution < -0.4 is 0 Å². The van der Waals surface area contributed by atoms with Crippen LogP contribution in [0.2, 0.25) is 0 Å². The van der Waals surface area contributed by atoms with Crippen LogP contribution in [0.5, 0.6) is 0 Å². The minimum atomic E-state index is -4.14. The fraction of sp³-hybridized carbons (Fsp3) is 0.667. The molecule has 3 rings (SSSR count). The van der Waals surface area contributed by atoms with Crippen LogP contribution in [0.25, 0.3) is 0 Å². The normalized spacial score (nSPS) is 34.2. The Hall–Kier alpha value is -1.73. The quantitative estimate of drug-likeness (QED) is 0.375. The summed E-state index contributed by atoms with van der Waals surface area (Å²) >= 11 is 0. The third kappa shape index (κ3) is 4.58. The largest absolute Gasteiger partial charge is 0.370 e. The summed E-state index contributed by atoms with van der Waals surface area (Å²) in [5.74, 6) is -0.128. The lowest BCUT2D eigenvalue weighted by molar-refractivity contribution is -0.117. The highest BCUT2D eigenvalue weighted by Crippen LogP contribution is 2.63. The molecule has 172 valence electrons. The van der Waals surface area contributed by atoms with Crippen molar-refractivity contribution in [3.63, 3.8) is 0 Å². The van der Waals surface area contributed by atoms with Crippen molar-refractivity contribution in [3.8, 4) is 0 Å². The molecule has 0 amide bonds. The number of allylic oxidation sites excluding steroid dienone is 4. The Labute approximate surface area is 186 Å². The third-order valence-corrected chi connectivity index (χ3v) is 9.07. The number of fused-ring (bicyclic) bond motifs is 1. The molecule has 7 heteroatoms. The van der Waals surface area contributed by atoms with Gasteiger partial charge in [-0.25, -0.2) is 0 Å². The highest BCUT2D eigenvalue weighted by Gasteiger charge is 2.54. The van der Waals surface area contributed by atoms with E-state index in [1.165, 1.54) is 22.6 Å². The Balaban J connectivity index is 1.82. The van der Waals surface area contributed by atoms with Crippen LogP contribution in [0.15, 0.2) is 35.6 Å². The van der Waals surface area contributed by atoms with E-state index in [1.54, 1.807) is 7.05 Å². The van der Waals surface area contributed by atoms with E-state index in [1.807, 2.05) is 0 Å². The van der Waals surface area contributed by atoms with E-state index in [4.69, 9.17) is 4.55 Å². The summed E-state index contributed by atoms with van der Waals surface area (Å²) in [6.07, 6.45) is 8.82. The van der Waals surface area contributed by atoms with Crippen molar-refractivity contribution >= 4 is 21.7 Å². The molecule has 2 fully saturated rings. The molecule has 0 heterocycles. The monoisotopic (exact) mass is 449 g/mol. The first-order valence-corrected chi connectivity index (χ1v) is 12.7. The maximum absolute atomic E-state index is 13.0. The Bertz CT molecular complexity index is 962. The van der Waals surface area contributed by atoms with Gasteiger partial charge in [-0.1, -0.05) is 32.9 Å². The molecule has 1 N–H and O–H groups in total. The first kappa shape index (κ1) is 23.9. The zero-order valence-electron chi connectivity index (χ0n) is 19.1. The van der Waals surface area contributed by atoms with E-state index in [0.717, 1.165) is 32.1 Å². The number of hydrogen-bond acceptors (Lipinski definition) is 5. The summed E-state index contributed by atoms with van der Waals surface area (Å²) in [5, 5.41) is 0. The van der Waals surface area contributed by atoms with Crippen molar-refractivity contribution in [1.29, 1.82) is 0 Å². The molecule has 0 aromatic rings.